The van der Waals surface area contributed by atoms with Crippen LogP contribution < -0.4 is 20.4 Å². The number of rotatable bonds is 8. The van der Waals surface area contributed by atoms with Crippen molar-refractivity contribution >= 4 is 22.8 Å². The monoisotopic (exact) mass is 423 g/mol. The molecule has 0 aliphatic rings. The second kappa shape index (κ2) is 9.93. The minimum Gasteiger partial charge on any atom is -0.494 e. The van der Waals surface area contributed by atoms with Crippen molar-refractivity contribution < 1.29 is 23.5 Å². The Balaban J connectivity index is 1.58. The zero-order valence-electron chi connectivity index (χ0n) is 17.8. The molecule has 0 radical (unpaired) electrons. The van der Waals surface area contributed by atoms with Gasteiger partial charge in [-0.15, -0.1) is 0 Å². The number of carbonyl (C=O) groups is 2. The fourth-order valence-electron chi connectivity index (χ4n) is 2.95. The maximum Gasteiger partial charge on any atom is 0.349 e. The Kier molecular flexibility index (Phi) is 7.07. The SMILES string of the molecule is Cc1cccc(OCCCC(=O)Oc2ccc3cc(C(=O)NC(C)C)c(=O)oc3c2)c1. The largest absolute Gasteiger partial charge is 0.494 e. The van der Waals surface area contributed by atoms with Crippen LogP contribution in [0, 0.1) is 6.92 Å². The third-order valence-corrected chi connectivity index (χ3v) is 4.39. The Hall–Kier alpha value is -3.61. The zero-order valence-corrected chi connectivity index (χ0v) is 17.8. The van der Waals surface area contributed by atoms with E-state index in [2.05, 4.69) is 5.32 Å². The van der Waals surface area contributed by atoms with Crippen LogP contribution in [0.3, 0.4) is 0 Å². The van der Waals surface area contributed by atoms with Crippen molar-refractivity contribution in [2.75, 3.05) is 6.61 Å². The van der Waals surface area contributed by atoms with E-state index in [1.807, 2.05) is 31.2 Å². The van der Waals surface area contributed by atoms with Crippen LogP contribution in [0.1, 0.15) is 42.6 Å². The Morgan fingerprint density at radius 1 is 1.06 bits per heavy atom. The van der Waals surface area contributed by atoms with E-state index in [9.17, 15) is 14.4 Å². The quantitative estimate of drug-likeness (QED) is 0.255. The number of nitrogens with one attached hydrogen (secondary N) is 1. The molecule has 0 unspecified atom stereocenters. The fraction of sp³-hybridized carbons (Fsp3) is 0.292. The molecule has 1 aromatic heterocycles. The third kappa shape index (κ3) is 6.18. The Labute approximate surface area is 180 Å². The first-order valence-electron chi connectivity index (χ1n) is 10.1. The van der Waals surface area contributed by atoms with Crippen LogP contribution in [0.25, 0.3) is 11.0 Å². The van der Waals surface area contributed by atoms with Crippen molar-refractivity contribution in [2.24, 2.45) is 0 Å². The molecular formula is C24H25NO6. The second-order valence-corrected chi connectivity index (χ2v) is 7.52. The number of esters is 1. The van der Waals surface area contributed by atoms with Crippen LogP contribution in [0.5, 0.6) is 11.5 Å². The average molecular weight is 423 g/mol. The highest BCUT2D eigenvalue weighted by atomic mass is 16.5. The van der Waals surface area contributed by atoms with E-state index in [1.54, 1.807) is 26.0 Å². The summed E-state index contributed by atoms with van der Waals surface area (Å²) in [7, 11) is 0. The fourth-order valence-corrected chi connectivity index (χ4v) is 2.95. The lowest BCUT2D eigenvalue weighted by atomic mass is 10.1. The normalized spacial score (nSPS) is 10.8. The molecule has 31 heavy (non-hydrogen) atoms. The van der Waals surface area contributed by atoms with Crippen LogP contribution >= 0.6 is 0 Å². The molecule has 162 valence electrons. The number of aryl methyl sites for hydroxylation is 1. The van der Waals surface area contributed by atoms with Crippen molar-refractivity contribution in [3.8, 4) is 11.5 Å². The molecule has 1 heterocycles. The first-order chi connectivity index (χ1) is 14.8. The smallest absolute Gasteiger partial charge is 0.349 e. The summed E-state index contributed by atoms with van der Waals surface area (Å²) in [6.07, 6.45) is 0.686. The van der Waals surface area contributed by atoms with Crippen molar-refractivity contribution in [3.05, 3.63) is 70.1 Å². The molecule has 0 spiro atoms. The van der Waals surface area contributed by atoms with Gasteiger partial charge in [0.2, 0.25) is 0 Å². The van der Waals surface area contributed by atoms with E-state index >= 15 is 0 Å². The number of fused-ring (bicyclic) bond motifs is 1. The second-order valence-electron chi connectivity index (χ2n) is 7.52. The Morgan fingerprint density at radius 3 is 2.61 bits per heavy atom. The van der Waals surface area contributed by atoms with Crippen LogP contribution in [0.2, 0.25) is 0 Å². The Morgan fingerprint density at radius 2 is 1.87 bits per heavy atom. The highest BCUT2D eigenvalue weighted by Crippen LogP contribution is 2.21. The van der Waals surface area contributed by atoms with Crippen LogP contribution in [0.15, 0.2) is 57.7 Å². The van der Waals surface area contributed by atoms with Gasteiger partial charge in [-0.3, -0.25) is 9.59 Å². The van der Waals surface area contributed by atoms with Gasteiger partial charge in [0.15, 0.2) is 0 Å². The van der Waals surface area contributed by atoms with E-state index in [0.717, 1.165) is 11.3 Å². The minimum absolute atomic E-state index is 0.0699. The molecule has 1 N–H and O–H groups in total. The summed E-state index contributed by atoms with van der Waals surface area (Å²) in [6, 6.07) is 13.7. The van der Waals surface area contributed by atoms with Crippen LogP contribution in [-0.2, 0) is 4.79 Å². The van der Waals surface area contributed by atoms with Gasteiger partial charge in [-0.1, -0.05) is 12.1 Å². The lowest BCUT2D eigenvalue weighted by molar-refractivity contribution is -0.134. The number of amides is 1. The molecule has 3 rings (SSSR count). The molecule has 0 saturated heterocycles. The molecule has 0 fully saturated rings. The van der Waals surface area contributed by atoms with Crippen molar-refractivity contribution in [3.63, 3.8) is 0 Å². The van der Waals surface area contributed by atoms with Gasteiger partial charge in [-0.05, 0) is 63.1 Å². The molecule has 0 bridgehead atoms. The molecule has 7 heteroatoms. The van der Waals surface area contributed by atoms with Crippen molar-refractivity contribution in [1.82, 2.24) is 5.32 Å². The zero-order chi connectivity index (χ0) is 22.4. The molecule has 3 aromatic rings. The predicted octanol–water partition coefficient (Wildman–Crippen LogP) is 4.00. The molecular weight excluding hydrogens is 398 g/mol. The summed E-state index contributed by atoms with van der Waals surface area (Å²) in [5.74, 6) is 0.121. The van der Waals surface area contributed by atoms with Crippen molar-refractivity contribution in [1.29, 1.82) is 0 Å². The summed E-state index contributed by atoms with van der Waals surface area (Å²) < 4.78 is 16.2. The highest BCUT2D eigenvalue weighted by molar-refractivity contribution is 5.96. The van der Waals surface area contributed by atoms with Crippen molar-refractivity contribution in [2.45, 2.75) is 39.7 Å². The van der Waals surface area contributed by atoms with E-state index in [-0.39, 0.29) is 29.4 Å². The first kappa shape index (κ1) is 22.1. The highest BCUT2D eigenvalue weighted by Gasteiger charge is 2.15. The lowest BCUT2D eigenvalue weighted by Gasteiger charge is -2.09. The van der Waals surface area contributed by atoms with E-state index < -0.39 is 17.5 Å². The number of benzene rings is 2. The van der Waals surface area contributed by atoms with E-state index in [0.29, 0.717) is 18.4 Å². The standard InChI is InChI=1S/C24H25NO6/c1-15(2)25-23(27)20-13-17-9-10-19(14-21(17)31-24(20)28)30-22(26)8-5-11-29-18-7-4-6-16(3)12-18/h4,6-7,9-10,12-15H,5,8,11H2,1-3H3,(H,25,27). The van der Waals surface area contributed by atoms with Gasteiger partial charge in [0.25, 0.3) is 5.91 Å². The summed E-state index contributed by atoms with van der Waals surface area (Å²) in [5.41, 5.74) is 0.522. The maximum atomic E-state index is 12.2. The van der Waals surface area contributed by atoms with Gasteiger partial charge in [0.1, 0.15) is 22.6 Å². The molecule has 7 nitrogen and oxygen atoms in total. The summed E-state index contributed by atoms with van der Waals surface area (Å²) >= 11 is 0. The number of carbonyl (C=O) groups excluding carboxylic acids is 2. The Bertz CT molecular complexity index is 1150. The first-order valence-corrected chi connectivity index (χ1v) is 10.1. The molecule has 2 aromatic carbocycles. The van der Waals surface area contributed by atoms with E-state index in [1.165, 1.54) is 12.1 Å². The molecule has 0 aliphatic heterocycles. The molecule has 0 saturated carbocycles. The maximum absolute atomic E-state index is 12.2. The summed E-state index contributed by atoms with van der Waals surface area (Å²) in [6.45, 7) is 5.98. The number of hydrogen-bond donors (Lipinski definition) is 1. The lowest BCUT2D eigenvalue weighted by Crippen LogP contribution is -2.33. The van der Waals surface area contributed by atoms with Gasteiger partial charge >= 0.3 is 11.6 Å². The topological polar surface area (TPSA) is 94.8 Å². The average Bonchev–Trinajstić information content (AvgIpc) is 2.70. The molecule has 1 amide bonds. The van der Waals surface area contributed by atoms with E-state index in [4.69, 9.17) is 13.9 Å². The van der Waals surface area contributed by atoms with Gasteiger partial charge < -0.3 is 19.2 Å². The van der Waals surface area contributed by atoms with Gasteiger partial charge in [0, 0.05) is 23.9 Å². The third-order valence-electron chi connectivity index (χ3n) is 4.39. The number of ether oxygens (including phenoxy) is 2. The van der Waals surface area contributed by atoms with Gasteiger partial charge in [0.05, 0.1) is 6.61 Å². The van der Waals surface area contributed by atoms with Gasteiger partial charge in [-0.25, -0.2) is 4.79 Å². The minimum atomic E-state index is -0.748. The number of hydrogen-bond acceptors (Lipinski definition) is 6. The summed E-state index contributed by atoms with van der Waals surface area (Å²) in [5, 5.41) is 3.22. The molecule has 0 aliphatic carbocycles. The summed E-state index contributed by atoms with van der Waals surface area (Å²) in [4.78, 5) is 36.4. The van der Waals surface area contributed by atoms with Gasteiger partial charge in [-0.2, -0.15) is 0 Å². The predicted molar refractivity (Wildman–Crippen MR) is 117 cm³/mol. The van der Waals surface area contributed by atoms with Crippen LogP contribution in [0.4, 0.5) is 0 Å². The van der Waals surface area contributed by atoms with Crippen LogP contribution in [-0.4, -0.2) is 24.5 Å². The molecule has 0 atom stereocenters.